The number of carbonyl (C=O) groups is 6. The van der Waals surface area contributed by atoms with Crippen molar-refractivity contribution in [2.45, 2.75) is 212 Å². The zero-order valence-electron chi connectivity index (χ0n) is 45.6. The molecule has 0 spiro atoms. The molecule has 0 radical (unpaired) electrons. The number of rotatable bonds is 8. The summed E-state index contributed by atoms with van der Waals surface area (Å²) in [5, 5.41) is 23.6. The number of ether oxygens (including phenoxy) is 6. The zero-order valence-corrected chi connectivity index (χ0v) is 45.6. The van der Waals surface area contributed by atoms with Gasteiger partial charge < -0.3 is 43.5 Å². The van der Waals surface area contributed by atoms with Crippen molar-refractivity contribution in [2.24, 2.45) is 41.4 Å². The molecule has 1 amide bonds. The van der Waals surface area contributed by atoms with Gasteiger partial charge in [0.15, 0.2) is 5.78 Å². The zero-order chi connectivity index (χ0) is 53.6. The molecule has 3 heterocycles. The molecule has 2 aliphatic carbocycles. The van der Waals surface area contributed by atoms with E-state index in [9.17, 15) is 39.0 Å². The minimum Gasteiger partial charge on any atom is -0.460 e. The number of esters is 2. The van der Waals surface area contributed by atoms with Crippen LogP contribution < -0.4 is 0 Å². The second-order valence-electron chi connectivity index (χ2n) is 22.3. The second kappa shape index (κ2) is 28.3. The summed E-state index contributed by atoms with van der Waals surface area (Å²) >= 11 is 0. The number of aliphatic hydroxyl groups is 2. The molecule has 0 aromatic carbocycles. The van der Waals surface area contributed by atoms with Gasteiger partial charge in [0.25, 0.3) is 11.7 Å². The summed E-state index contributed by atoms with van der Waals surface area (Å²) in [6.07, 6.45) is 16.2. The number of ketones is 3. The molecule has 2 N–H and O–H groups in total. The van der Waals surface area contributed by atoms with Crippen LogP contribution in [-0.4, -0.2) is 133 Å². The van der Waals surface area contributed by atoms with Crippen molar-refractivity contribution in [3.05, 3.63) is 47.6 Å². The summed E-state index contributed by atoms with van der Waals surface area (Å²) < 4.78 is 36.0. The van der Waals surface area contributed by atoms with Crippen molar-refractivity contribution in [2.75, 3.05) is 27.9 Å². The van der Waals surface area contributed by atoms with E-state index in [1.807, 2.05) is 58.1 Å². The first kappa shape index (κ1) is 60.0. The maximum absolute atomic E-state index is 14.6. The molecule has 0 unspecified atom stereocenters. The minimum atomic E-state index is -2.44. The number of hydrogen-bond donors (Lipinski definition) is 2. The monoisotopic (exact) mass is 1020 g/mol. The topological polar surface area (TPSA) is 201 Å². The number of allylic oxidation sites excluding steroid dienone is 6. The van der Waals surface area contributed by atoms with E-state index in [1.165, 1.54) is 12.0 Å². The van der Waals surface area contributed by atoms with Gasteiger partial charge in [-0.3, -0.25) is 24.0 Å². The number of piperidine rings is 1. The molecular formula is C58H89NO14. The van der Waals surface area contributed by atoms with Crippen LogP contribution in [0.4, 0.5) is 0 Å². The average molecular weight is 1020 g/mol. The molecule has 0 aromatic heterocycles. The highest BCUT2D eigenvalue weighted by Crippen LogP contribution is 2.39. The number of amides is 1. The van der Waals surface area contributed by atoms with Gasteiger partial charge in [0.2, 0.25) is 5.79 Å². The Bertz CT molecular complexity index is 2000. The maximum atomic E-state index is 14.6. The Hall–Kier alpha value is -3.86. The van der Waals surface area contributed by atoms with Gasteiger partial charge in [-0.05, 0) is 120 Å². The largest absolute Gasteiger partial charge is 0.460 e. The van der Waals surface area contributed by atoms with Crippen molar-refractivity contribution < 1.29 is 67.4 Å². The van der Waals surface area contributed by atoms with E-state index in [-0.39, 0.29) is 72.8 Å². The molecule has 2 saturated heterocycles. The summed E-state index contributed by atoms with van der Waals surface area (Å²) in [7, 11) is 4.58. The molecule has 15 atom stereocenters. The van der Waals surface area contributed by atoms with E-state index < -0.39 is 77.8 Å². The van der Waals surface area contributed by atoms with Gasteiger partial charge in [-0.2, -0.15) is 0 Å². The van der Waals surface area contributed by atoms with Crippen LogP contribution in [0.2, 0.25) is 0 Å². The molecule has 410 valence electrons. The first-order valence-electron chi connectivity index (χ1n) is 27.4. The Morgan fingerprint density at radius 3 is 2.21 bits per heavy atom. The van der Waals surface area contributed by atoms with E-state index in [4.69, 9.17) is 28.4 Å². The SMILES string of the molecule is CO[C@H]1C[C@@H]2CC[C@@H](C)[C@@](O)(O2)C(=O)C(=O)N2CCCC[C@H]2C(=O)O[C@H]([C@H](C)C[C@@H]2CC[C@@H](OC(=O)C3CCCCC3)[C@H](OC)C2)CC(=O)[C@H](C)/C=C(\C)[C@@H](O)[C@@H](OC)C(=O)[C@H](C)C[C@H](C)/C=C/C=C/C=C/1C. The molecule has 15 heteroatoms. The molecule has 4 fully saturated rings. The summed E-state index contributed by atoms with van der Waals surface area (Å²) in [4.78, 5) is 85.8. The third kappa shape index (κ3) is 16.1. The highest BCUT2D eigenvalue weighted by molar-refractivity contribution is 6.39. The predicted molar refractivity (Wildman–Crippen MR) is 276 cm³/mol. The van der Waals surface area contributed by atoms with Crippen LogP contribution in [0.1, 0.15) is 158 Å². The van der Waals surface area contributed by atoms with Crippen LogP contribution in [0.3, 0.4) is 0 Å². The predicted octanol–water partition coefficient (Wildman–Crippen LogP) is 8.31. The van der Waals surface area contributed by atoms with Gasteiger partial charge >= 0.3 is 11.9 Å². The molecule has 0 aromatic rings. The number of aliphatic hydroxyl groups excluding tert-OH is 1. The lowest BCUT2D eigenvalue weighted by atomic mass is 9.78. The van der Waals surface area contributed by atoms with Gasteiger partial charge in [-0.25, -0.2) is 4.79 Å². The third-order valence-corrected chi connectivity index (χ3v) is 16.7. The standard InChI is InChI=1S/C58H89NO14/c1-35-19-13-11-14-20-36(2)48(68-8)33-44-26-24-41(7)58(67,73-44)54(63)55(64)59-28-18-17-23-45(59)57(66)72-49(34-46(60)37(3)30-40(6)52(62)53(70-10)51(61)39(5)29-35)38(4)31-42-25-27-47(50(32-42)69-9)71-56(65)43-21-15-12-16-22-43/h11,13-14,19-20,30,35,37-39,41-45,47-50,52-53,62,67H,12,15-18,21-29,31-34H2,1-10H3/b14-11+,19-13+,36-20+,40-30+/t35-,37-,38-,39-,41-,42+,44+,45+,47-,48+,49+,50-,52-,53+,58-/m1/s1. The number of fused-ring (bicyclic) bond motifs is 3. The smallest absolute Gasteiger partial charge is 0.329 e. The normalized spacial score (nSPS) is 38.7. The van der Waals surface area contributed by atoms with Crippen molar-refractivity contribution in [1.29, 1.82) is 0 Å². The number of Topliss-reactive ketones (excluding diaryl/α,β-unsaturated/α-hetero) is 3. The molecule has 2 saturated carbocycles. The Labute approximate surface area is 435 Å². The summed E-state index contributed by atoms with van der Waals surface area (Å²) in [5.74, 6) is -8.36. The van der Waals surface area contributed by atoms with E-state index in [2.05, 4.69) is 0 Å². The highest BCUT2D eigenvalue weighted by atomic mass is 16.6. The van der Waals surface area contributed by atoms with Crippen molar-refractivity contribution in [3.63, 3.8) is 0 Å². The molecular weight excluding hydrogens is 935 g/mol. The summed E-state index contributed by atoms with van der Waals surface area (Å²) in [6.45, 7) is 12.8. The van der Waals surface area contributed by atoms with Gasteiger partial charge in [-0.15, -0.1) is 0 Å². The average Bonchev–Trinajstić information content (AvgIpc) is 3.38. The van der Waals surface area contributed by atoms with E-state index in [0.29, 0.717) is 63.4 Å². The fourth-order valence-corrected chi connectivity index (χ4v) is 11.8. The van der Waals surface area contributed by atoms with Gasteiger partial charge in [-0.1, -0.05) is 90.3 Å². The highest BCUT2D eigenvalue weighted by Gasteiger charge is 2.53. The van der Waals surface area contributed by atoms with Gasteiger partial charge in [0, 0.05) is 58.5 Å². The Morgan fingerprint density at radius 1 is 0.808 bits per heavy atom. The fraction of sp³-hybridized carbons (Fsp3) is 0.759. The number of carbonyl (C=O) groups excluding carboxylic acids is 6. The van der Waals surface area contributed by atoms with Crippen LogP contribution in [-0.2, 0) is 57.2 Å². The van der Waals surface area contributed by atoms with Crippen molar-refractivity contribution in [1.82, 2.24) is 4.90 Å². The lowest BCUT2D eigenvalue weighted by Crippen LogP contribution is -2.61. The van der Waals surface area contributed by atoms with Crippen LogP contribution in [0.15, 0.2) is 47.6 Å². The Balaban J connectivity index is 1.44. The minimum absolute atomic E-state index is 0.0109. The molecule has 5 aliphatic rings. The quantitative estimate of drug-likeness (QED) is 0.134. The Kier molecular flexibility index (Phi) is 23.3. The third-order valence-electron chi connectivity index (χ3n) is 16.7. The van der Waals surface area contributed by atoms with E-state index in [0.717, 1.165) is 44.1 Å². The number of hydrogen-bond acceptors (Lipinski definition) is 14. The van der Waals surface area contributed by atoms with Gasteiger partial charge in [0.05, 0.1) is 24.2 Å². The van der Waals surface area contributed by atoms with Crippen LogP contribution in [0, 0.1) is 41.4 Å². The molecule has 15 nitrogen and oxygen atoms in total. The fourth-order valence-electron chi connectivity index (χ4n) is 11.8. The summed E-state index contributed by atoms with van der Waals surface area (Å²) in [5.41, 5.74) is 1.26. The van der Waals surface area contributed by atoms with Crippen molar-refractivity contribution in [3.8, 4) is 0 Å². The number of cyclic esters (lactones) is 1. The van der Waals surface area contributed by atoms with Crippen LogP contribution in [0.5, 0.6) is 0 Å². The van der Waals surface area contributed by atoms with E-state index in [1.54, 1.807) is 41.1 Å². The lowest BCUT2D eigenvalue weighted by molar-refractivity contribution is -0.265. The first-order chi connectivity index (χ1) is 34.7. The summed E-state index contributed by atoms with van der Waals surface area (Å²) in [6, 6.07) is -1.16. The molecule has 73 heavy (non-hydrogen) atoms. The number of nitrogens with zero attached hydrogens (tertiary/aromatic N) is 1. The van der Waals surface area contributed by atoms with Crippen LogP contribution in [0.25, 0.3) is 0 Å². The van der Waals surface area contributed by atoms with Crippen LogP contribution >= 0.6 is 0 Å². The van der Waals surface area contributed by atoms with Crippen molar-refractivity contribution >= 4 is 35.2 Å². The number of methoxy groups -OCH3 is 3. The Morgan fingerprint density at radius 2 is 1.52 bits per heavy atom. The first-order valence-corrected chi connectivity index (χ1v) is 27.4. The molecule has 3 aliphatic heterocycles. The van der Waals surface area contributed by atoms with Gasteiger partial charge in [0.1, 0.15) is 36.2 Å². The molecule has 2 bridgehead atoms. The lowest BCUT2D eigenvalue weighted by Gasteiger charge is -2.42. The molecule has 5 rings (SSSR count). The van der Waals surface area contributed by atoms with E-state index >= 15 is 0 Å². The second-order valence-corrected chi connectivity index (χ2v) is 22.3. The maximum Gasteiger partial charge on any atom is 0.329 e.